The lowest BCUT2D eigenvalue weighted by Crippen LogP contribution is -2.02. The smallest absolute Gasteiger partial charge is 0.307 e. The molecule has 0 bridgehead atoms. The minimum atomic E-state index is -0.906. The van der Waals surface area contributed by atoms with Crippen LogP contribution in [0, 0.1) is 5.82 Å². The van der Waals surface area contributed by atoms with Gasteiger partial charge in [-0.2, -0.15) is 0 Å². The SMILES string of the molecule is NN.O=C(O)Cc1ccc(F)cc1. The molecule has 0 aliphatic carbocycles. The molecule has 0 aliphatic rings. The fourth-order valence-electron chi connectivity index (χ4n) is 0.777. The summed E-state index contributed by atoms with van der Waals surface area (Å²) >= 11 is 0. The molecule has 0 aromatic heterocycles. The first-order chi connectivity index (χ1) is 6.18. The lowest BCUT2D eigenvalue weighted by atomic mass is 10.1. The van der Waals surface area contributed by atoms with E-state index in [0.29, 0.717) is 5.56 Å². The minimum Gasteiger partial charge on any atom is -0.481 e. The van der Waals surface area contributed by atoms with Crippen LogP contribution in [0.15, 0.2) is 24.3 Å². The number of carboxylic acids is 1. The van der Waals surface area contributed by atoms with Crippen LogP contribution in [-0.2, 0) is 11.2 Å². The van der Waals surface area contributed by atoms with Gasteiger partial charge in [-0.1, -0.05) is 12.1 Å². The number of nitrogens with two attached hydrogens (primary N) is 2. The van der Waals surface area contributed by atoms with Crippen LogP contribution in [0.2, 0.25) is 0 Å². The fraction of sp³-hybridized carbons (Fsp3) is 0.125. The second-order valence-corrected chi connectivity index (χ2v) is 2.20. The van der Waals surface area contributed by atoms with E-state index in [1.165, 1.54) is 24.3 Å². The summed E-state index contributed by atoms with van der Waals surface area (Å²) in [6.45, 7) is 0. The lowest BCUT2D eigenvalue weighted by Gasteiger charge is -1.94. The van der Waals surface area contributed by atoms with Crippen molar-refractivity contribution in [1.82, 2.24) is 0 Å². The normalized spacial score (nSPS) is 8.54. The summed E-state index contributed by atoms with van der Waals surface area (Å²) in [5, 5.41) is 8.34. The maximum Gasteiger partial charge on any atom is 0.307 e. The van der Waals surface area contributed by atoms with Crippen LogP contribution >= 0.6 is 0 Å². The molecule has 0 fully saturated rings. The van der Waals surface area contributed by atoms with Gasteiger partial charge in [-0.25, -0.2) is 4.39 Å². The van der Waals surface area contributed by atoms with Crippen LogP contribution in [0.5, 0.6) is 0 Å². The summed E-state index contributed by atoms with van der Waals surface area (Å²) in [6, 6.07) is 5.42. The number of halogens is 1. The van der Waals surface area contributed by atoms with Crippen LogP contribution in [0.25, 0.3) is 0 Å². The van der Waals surface area contributed by atoms with Crippen LogP contribution in [0.4, 0.5) is 4.39 Å². The van der Waals surface area contributed by atoms with Gasteiger partial charge in [-0.15, -0.1) is 0 Å². The molecule has 5 N–H and O–H groups in total. The molecule has 0 saturated heterocycles. The zero-order chi connectivity index (χ0) is 10.3. The molecule has 1 rings (SSSR count). The monoisotopic (exact) mass is 186 g/mol. The highest BCUT2D eigenvalue weighted by Gasteiger charge is 1.98. The number of hydrogen-bond donors (Lipinski definition) is 3. The van der Waals surface area contributed by atoms with Crippen molar-refractivity contribution in [1.29, 1.82) is 0 Å². The Morgan fingerprint density at radius 2 is 1.77 bits per heavy atom. The van der Waals surface area contributed by atoms with Crippen molar-refractivity contribution in [3.8, 4) is 0 Å². The Hall–Kier alpha value is -1.46. The molecule has 0 unspecified atom stereocenters. The van der Waals surface area contributed by atoms with Gasteiger partial charge in [0.05, 0.1) is 6.42 Å². The van der Waals surface area contributed by atoms with Crippen LogP contribution < -0.4 is 11.7 Å². The molecule has 0 atom stereocenters. The summed E-state index contributed by atoms with van der Waals surface area (Å²) in [4.78, 5) is 10.2. The number of hydrogen-bond acceptors (Lipinski definition) is 3. The molecule has 0 radical (unpaired) electrons. The highest BCUT2D eigenvalue weighted by atomic mass is 19.1. The van der Waals surface area contributed by atoms with Crippen LogP contribution in [0.3, 0.4) is 0 Å². The molecule has 0 heterocycles. The van der Waals surface area contributed by atoms with Crippen molar-refractivity contribution < 1.29 is 14.3 Å². The van der Waals surface area contributed by atoms with Gasteiger partial charge in [0, 0.05) is 0 Å². The summed E-state index contributed by atoms with van der Waals surface area (Å²) < 4.78 is 12.3. The van der Waals surface area contributed by atoms with Crippen LogP contribution in [0.1, 0.15) is 5.56 Å². The topological polar surface area (TPSA) is 89.3 Å². The molecular formula is C8H11FN2O2. The Morgan fingerprint density at radius 3 is 2.15 bits per heavy atom. The molecule has 0 amide bonds. The number of benzene rings is 1. The Morgan fingerprint density at radius 1 is 1.31 bits per heavy atom. The first kappa shape index (κ1) is 11.5. The van der Waals surface area contributed by atoms with Crippen molar-refractivity contribution in [3.05, 3.63) is 35.6 Å². The third-order valence-corrected chi connectivity index (χ3v) is 1.27. The van der Waals surface area contributed by atoms with E-state index in [9.17, 15) is 9.18 Å². The molecule has 0 aliphatic heterocycles. The van der Waals surface area contributed by atoms with Gasteiger partial charge in [0.2, 0.25) is 0 Å². The molecule has 5 heteroatoms. The van der Waals surface area contributed by atoms with E-state index >= 15 is 0 Å². The molecule has 72 valence electrons. The maximum atomic E-state index is 12.3. The first-order valence-corrected chi connectivity index (χ1v) is 3.48. The molecule has 13 heavy (non-hydrogen) atoms. The summed E-state index contributed by atoms with van der Waals surface area (Å²) in [5.41, 5.74) is 0.610. The Kier molecular flexibility index (Phi) is 5.42. The predicted octanol–water partition coefficient (Wildman–Crippen LogP) is 0.272. The molecule has 1 aromatic rings. The average molecular weight is 186 g/mol. The minimum absolute atomic E-state index is 0.0553. The predicted molar refractivity (Wildman–Crippen MR) is 46.1 cm³/mol. The van der Waals surface area contributed by atoms with E-state index < -0.39 is 5.97 Å². The van der Waals surface area contributed by atoms with Crippen molar-refractivity contribution in [2.75, 3.05) is 0 Å². The third kappa shape index (κ3) is 4.89. The van der Waals surface area contributed by atoms with Gasteiger partial charge >= 0.3 is 5.97 Å². The highest BCUT2D eigenvalue weighted by Crippen LogP contribution is 2.02. The van der Waals surface area contributed by atoms with Gasteiger partial charge in [0.15, 0.2) is 0 Å². The second kappa shape index (κ2) is 6.10. The molecule has 1 aromatic carbocycles. The second-order valence-electron chi connectivity index (χ2n) is 2.20. The number of rotatable bonds is 2. The number of carbonyl (C=O) groups is 1. The van der Waals surface area contributed by atoms with Gasteiger partial charge in [0.25, 0.3) is 0 Å². The zero-order valence-electron chi connectivity index (χ0n) is 6.90. The van der Waals surface area contributed by atoms with Crippen molar-refractivity contribution in [2.45, 2.75) is 6.42 Å². The van der Waals surface area contributed by atoms with E-state index in [4.69, 9.17) is 5.11 Å². The van der Waals surface area contributed by atoms with E-state index in [1.807, 2.05) is 0 Å². The number of aliphatic carboxylic acids is 1. The van der Waals surface area contributed by atoms with Gasteiger partial charge in [-0.3, -0.25) is 16.5 Å². The van der Waals surface area contributed by atoms with E-state index in [1.54, 1.807) is 0 Å². The summed E-state index contributed by atoms with van der Waals surface area (Å²) in [7, 11) is 0. The first-order valence-electron chi connectivity index (χ1n) is 3.48. The van der Waals surface area contributed by atoms with Gasteiger partial charge in [-0.05, 0) is 17.7 Å². The third-order valence-electron chi connectivity index (χ3n) is 1.27. The lowest BCUT2D eigenvalue weighted by molar-refractivity contribution is -0.136. The molecule has 0 spiro atoms. The Labute approximate surface area is 74.9 Å². The Balaban J connectivity index is 0.000000671. The van der Waals surface area contributed by atoms with E-state index in [-0.39, 0.29) is 12.2 Å². The van der Waals surface area contributed by atoms with E-state index in [2.05, 4.69) is 11.7 Å². The van der Waals surface area contributed by atoms with Gasteiger partial charge in [0.1, 0.15) is 5.82 Å². The van der Waals surface area contributed by atoms with Crippen LogP contribution in [-0.4, -0.2) is 11.1 Å². The highest BCUT2D eigenvalue weighted by molar-refractivity contribution is 5.70. The van der Waals surface area contributed by atoms with Gasteiger partial charge < -0.3 is 5.11 Å². The molecule has 4 nitrogen and oxygen atoms in total. The molecular weight excluding hydrogens is 175 g/mol. The fourth-order valence-corrected chi connectivity index (χ4v) is 0.777. The maximum absolute atomic E-state index is 12.3. The number of carboxylic acid groups (broad SMARTS) is 1. The van der Waals surface area contributed by atoms with Crippen molar-refractivity contribution in [2.24, 2.45) is 11.7 Å². The standard InChI is InChI=1S/C8H7FO2.H4N2/c9-7-3-1-6(2-4-7)5-8(10)11;1-2/h1-4H,5H2,(H,10,11);1-2H2. The quantitative estimate of drug-likeness (QED) is 0.457. The Bertz CT molecular complexity index is 261. The van der Waals surface area contributed by atoms with Crippen molar-refractivity contribution in [3.63, 3.8) is 0 Å². The average Bonchev–Trinajstić information content (AvgIpc) is 2.12. The van der Waals surface area contributed by atoms with Crippen molar-refractivity contribution >= 4 is 5.97 Å². The van der Waals surface area contributed by atoms with E-state index in [0.717, 1.165) is 0 Å². The largest absolute Gasteiger partial charge is 0.481 e. The zero-order valence-corrected chi connectivity index (χ0v) is 6.90. The summed E-state index contributed by atoms with van der Waals surface area (Å²) in [6.07, 6.45) is -0.0553. The number of hydrazine groups is 1. The molecule has 0 saturated carbocycles. The summed E-state index contributed by atoms with van der Waals surface area (Å²) in [5.74, 6) is 6.75.